The van der Waals surface area contributed by atoms with Gasteiger partial charge in [-0.3, -0.25) is 24.1 Å². The zero-order chi connectivity index (χ0) is 30.7. The van der Waals surface area contributed by atoms with Gasteiger partial charge in [-0.25, -0.2) is 4.98 Å². The second-order valence-electron chi connectivity index (χ2n) is 10.3. The van der Waals surface area contributed by atoms with E-state index in [1.54, 1.807) is 67.8 Å². The Bertz CT molecular complexity index is 1670. The number of rotatable bonds is 10. The Morgan fingerprint density at radius 1 is 1.02 bits per heavy atom. The molecular weight excluding hydrogens is 588 g/mol. The Morgan fingerprint density at radius 2 is 1.72 bits per heavy atom. The van der Waals surface area contributed by atoms with Crippen molar-refractivity contribution in [1.82, 2.24) is 9.88 Å². The van der Waals surface area contributed by atoms with Crippen LogP contribution in [0.3, 0.4) is 0 Å². The molecule has 4 aromatic rings. The zero-order valence-corrected chi connectivity index (χ0v) is 25.3. The van der Waals surface area contributed by atoms with E-state index < -0.39 is 36.1 Å². The van der Waals surface area contributed by atoms with Gasteiger partial charge in [-0.1, -0.05) is 49.7 Å². The lowest BCUT2D eigenvalue weighted by Crippen LogP contribution is -2.53. The lowest BCUT2D eigenvalue weighted by atomic mass is 10.0. The Kier molecular flexibility index (Phi) is 8.89. The van der Waals surface area contributed by atoms with Gasteiger partial charge in [0.25, 0.3) is 11.7 Å². The minimum Gasteiger partial charge on any atom is -0.497 e. The number of fused-ring (bicyclic) bond motifs is 1. The molecule has 2 heterocycles. The number of nitrogens with zero attached hydrogens (tertiary/aromatic N) is 3. The van der Waals surface area contributed by atoms with E-state index in [1.165, 1.54) is 21.1 Å². The molecule has 3 amide bonds. The third-order valence-corrected chi connectivity index (χ3v) is 8.17. The van der Waals surface area contributed by atoms with Crippen LogP contribution in [0.25, 0.3) is 11.3 Å². The quantitative estimate of drug-likeness (QED) is 0.229. The van der Waals surface area contributed by atoms with Gasteiger partial charge in [-0.15, -0.1) is 11.3 Å². The van der Waals surface area contributed by atoms with Crippen molar-refractivity contribution in [2.45, 2.75) is 26.4 Å². The molecule has 0 radical (unpaired) electrons. The maximum absolute atomic E-state index is 14.1. The van der Waals surface area contributed by atoms with Crippen LogP contribution in [0.15, 0.2) is 78.2 Å². The van der Waals surface area contributed by atoms with Crippen LogP contribution in [0.2, 0.25) is 5.02 Å². The number of para-hydroxylation sites is 1. The summed E-state index contributed by atoms with van der Waals surface area (Å²) in [6.45, 7) is 3.31. The molecule has 0 saturated heterocycles. The number of Topliss-reactive ketones (excluding diaryl/α,β-unsaturated/α-hetero) is 1. The fraction of sp³-hybridized carbons (Fsp3) is 0.219. The van der Waals surface area contributed by atoms with Crippen LogP contribution in [-0.2, 0) is 20.9 Å². The molecule has 0 spiro atoms. The predicted molar refractivity (Wildman–Crippen MR) is 166 cm³/mol. The summed E-state index contributed by atoms with van der Waals surface area (Å²) in [5.74, 6) is -2.00. The van der Waals surface area contributed by atoms with Crippen LogP contribution in [-0.4, -0.2) is 53.1 Å². The highest BCUT2D eigenvalue weighted by Crippen LogP contribution is 2.30. The molecule has 1 N–H and O–H groups in total. The normalized spacial score (nSPS) is 13.2. The number of nitrogens with one attached hydrogen (secondary N) is 1. The molecule has 0 bridgehead atoms. The van der Waals surface area contributed by atoms with E-state index in [0.717, 1.165) is 5.56 Å². The number of anilines is 2. The average Bonchev–Trinajstić information content (AvgIpc) is 3.56. The molecule has 220 valence electrons. The van der Waals surface area contributed by atoms with Crippen molar-refractivity contribution in [3.8, 4) is 17.0 Å². The molecule has 11 heteroatoms. The highest BCUT2D eigenvalue weighted by molar-refractivity contribution is 7.09. The van der Waals surface area contributed by atoms with Gasteiger partial charge >= 0.3 is 0 Å². The molecule has 3 aromatic carbocycles. The first-order chi connectivity index (χ1) is 20.7. The number of ether oxygens (including phenoxy) is 1. The smallest absolute Gasteiger partial charge is 0.299 e. The molecule has 0 fully saturated rings. The first-order valence-electron chi connectivity index (χ1n) is 13.6. The van der Waals surface area contributed by atoms with E-state index in [9.17, 15) is 19.2 Å². The van der Waals surface area contributed by atoms with Gasteiger partial charge in [0, 0.05) is 21.7 Å². The molecule has 1 aliphatic rings. The van der Waals surface area contributed by atoms with Gasteiger partial charge in [0.15, 0.2) is 0 Å². The highest BCUT2D eigenvalue weighted by atomic mass is 35.5. The van der Waals surface area contributed by atoms with Crippen LogP contribution in [0.5, 0.6) is 5.75 Å². The third-order valence-electron chi connectivity index (χ3n) is 7.08. The number of ketones is 1. The third kappa shape index (κ3) is 6.45. The fourth-order valence-electron chi connectivity index (χ4n) is 4.95. The van der Waals surface area contributed by atoms with Gasteiger partial charge in [0.1, 0.15) is 23.3 Å². The van der Waals surface area contributed by atoms with Crippen molar-refractivity contribution in [2.75, 3.05) is 23.9 Å². The summed E-state index contributed by atoms with van der Waals surface area (Å²) in [6.07, 6.45) is 0. The maximum atomic E-state index is 14.1. The van der Waals surface area contributed by atoms with Crippen molar-refractivity contribution in [3.63, 3.8) is 0 Å². The predicted octanol–water partition coefficient (Wildman–Crippen LogP) is 5.69. The Balaban J connectivity index is 1.46. The molecule has 1 atom stereocenters. The average molecular weight is 617 g/mol. The number of carbonyl (C=O) groups is 4. The minimum atomic E-state index is -0.916. The summed E-state index contributed by atoms with van der Waals surface area (Å²) in [5.41, 5.74) is 2.73. The highest BCUT2D eigenvalue weighted by Gasteiger charge is 2.40. The molecule has 0 saturated carbocycles. The summed E-state index contributed by atoms with van der Waals surface area (Å²) in [5, 5.41) is 5.99. The zero-order valence-electron chi connectivity index (χ0n) is 23.7. The van der Waals surface area contributed by atoms with E-state index in [1.807, 2.05) is 31.4 Å². The van der Waals surface area contributed by atoms with E-state index in [0.29, 0.717) is 32.8 Å². The lowest BCUT2D eigenvalue weighted by Gasteiger charge is -2.34. The van der Waals surface area contributed by atoms with Crippen molar-refractivity contribution in [2.24, 2.45) is 5.92 Å². The van der Waals surface area contributed by atoms with Gasteiger partial charge < -0.3 is 15.0 Å². The number of thiazole rings is 1. The summed E-state index contributed by atoms with van der Waals surface area (Å²) in [7, 11) is 1.56. The SMILES string of the molecule is COc1ccc(NC(=O)C(C(C)C)N(Cc2nc(-c3ccc(Cl)cc3)cs2)C(=O)CN2C(=O)C(=O)c3ccccc32)cc1. The van der Waals surface area contributed by atoms with Crippen LogP contribution in [0.4, 0.5) is 11.4 Å². The summed E-state index contributed by atoms with van der Waals surface area (Å²) in [4.78, 5) is 60.6. The van der Waals surface area contributed by atoms with Crippen LogP contribution >= 0.6 is 22.9 Å². The second kappa shape index (κ2) is 12.8. The first kappa shape index (κ1) is 29.9. The fourth-order valence-corrected chi connectivity index (χ4v) is 5.88. The number of methoxy groups -OCH3 is 1. The second-order valence-corrected chi connectivity index (χ2v) is 11.7. The number of halogens is 1. The minimum absolute atomic E-state index is 0.0214. The number of hydrogen-bond acceptors (Lipinski definition) is 7. The van der Waals surface area contributed by atoms with E-state index >= 15 is 0 Å². The molecule has 1 aliphatic heterocycles. The first-order valence-corrected chi connectivity index (χ1v) is 14.8. The lowest BCUT2D eigenvalue weighted by molar-refractivity contribution is -0.140. The van der Waals surface area contributed by atoms with Crippen LogP contribution in [0, 0.1) is 5.92 Å². The van der Waals surface area contributed by atoms with Gasteiger partial charge in [0.05, 0.1) is 30.6 Å². The molecule has 1 aromatic heterocycles. The van der Waals surface area contributed by atoms with E-state index in [4.69, 9.17) is 21.3 Å². The van der Waals surface area contributed by atoms with E-state index in [2.05, 4.69) is 5.32 Å². The standard InChI is InChI=1S/C32H29ClN4O5S/c1-19(2)29(31(40)34-22-12-14-23(42-3)15-13-22)37(16-27-35-25(18-43-27)20-8-10-21(33)11-9-20)28(38)17-36-26-7-5-4-6-24(26)30(39)32(36)41/h4-15,18-19,29H,16-17H2,1-3H3,(H,34,40). The molecule has 0 aliphatic carbocycles. The topological polar surface area (TPSA) is 109 Å². The number of amides is 3. The monoisotopic (exact) mass is 616 g/mol. The molecule has 43 heavy (non-hydrogen) atoms. The van der Waals surface area contributed by atoms with Crippen LogP contribution in [0.1, 0.15) is 29.2 Å². The van der Waals surface area contributed by atoms with Gasteiger partial charge in [-0.2, -0.15) is 0 Å². The Hall–Kier alpha value is -4.54. The van der Waals surface area contributed by atoms with Gasteiger partial charge in [-0.05, 0) is 54.4 Å². The Labute approximate surface area is 258 Å². The summed E-state index contributed by atoms with van der Waals surface area (Å²) in [6, 6.07) is 19.8. The van der Waals surface area contributed by atoms with Gasteiger partial charge in [0.2, 0.25) is 11.8 Å². The number of benzene rings is 3. The number of aromatic nitrogens is 1. The number of hydrogen-bond donors (Lipinski definition) is 1. The summed E-state index contributed by atoms with van der Waals surface area (Å²) < 4.78 is 5.21. The molecule has 9 nitrogen and oxygen atoms in total. The van der Waals surface area contributed by atoms with E-state index in [-0.39, 0.29) is 18.0 Å². The largest absolute Gasteiger partial charge is 0.497 e. The Morgan fingerprint density at radius 3 is 2.40 bits per heavy atom. The van der Waals surface area contributed by atoms with Crippen molar-refractivity contribution in [3.05, 3.63) is 93.8 Å². The maximum Gasteiger partial charge on any atom is 0.299 e. The van der Waals surface area contributed by atoms with Crippen molar-refractivity contribution >= 4 is 57.8 Å². The van der Waals surface area contributed by atoms with Crippen molar-refractivity contribution in [1.29, 1.82) is 0 Å². The summed E-state index contributed by atoms with van der Waals surface area (Å²) >= 11 is 7.40. The van der Waals surface area contributed by atoms with Crippen molar-refractivity contribution < 1.29 is 23.9 Å². The number of carbonyl (C=O) groups excluding carboxylic acids is 4. The molecule has 1 unspecified atom stereocenters. The van der Waals surface area contributed by atoms with Crippen LogP contribution < -0.4 is 15.0 Å². The molecule has 5 rings (SSSR count). The molecular formula is C32H29ClN4O5S.